The molecule has 0 bridgehead atoms. The van der Waals surface area contributed by atoms with Gasteiger partial charge in [-0.15, -0.1) is 0 Å². The highest BCUT2D eigenvalue weighted by atomic mass is 19.4. The van der Waals surface area contributed by atoms with Crippen molar-refractivity contribution in [2.75, 3.05) is 7.05 Å². The van der Waals surface area contributed by atoms with Crippen molar-refractivity contribution in [3.8, 4) is 17.0 Å². The molecule has 148 valence electrons. The molecule has 4 rings (SSSR count). The van der Waals surface area contributed by atoms with Crippen LogP contribution in [0.25, 0.3) is 11.3 Å². The van der Waals surface area contributed by atoms with Crippen LogP contribution in [0.2, 0.25) is 0 Å². The minimum atomic E-state index is -4.50. The van der Waals surface area contributed by atoms with Crippen molar-refractivity contribution in [3.63, 3.8) is 0 Å². The zero-order chi connectivity index (χ0) is 19.7. The van der Waals surface area contributed by atoms with E-state index in [9.17, 15) is 13.2 Å². The van der Waals surface area contributed by atoms with E-state index in [-0.39, 0.29) is 23.1 Å². The van der Waals surface area contributed by atoms with E-state index in [4.69, 9.17) is 4.74 Å². The van der Waals surface area contributed by atoms with Crippen LogP contribution in [-0.4, -0.2) is 29.4 Å². The van der Waals surface area contributed by atoms with Crippen molar-refractivity contribution in [2.45, 2.75) is 50.9 Å². The first-order valence-corrected chi connectivity index (χ1v) is 9.53. The molecule has 28 heavy (non-hydrogen) atoms. The normalized spacial score (nSPS) is 17.5. The summed E-state index contributed by atoms with van der Waals surface area (Å²) in [4.78, 5) is 10.6. The Morgan fingerprint density at radius 2 is 1.86 bits per heavy atom. The van der Waals surface area contributed by atoms with Crippen LogP contribution in [0.1, 0.15) is 43.2 Å². The predicted octanol–water partition coefficient (Wildman–Crippen LogP) is 5.58. The summed E-state index contributed by atoms with van der Waals surface area (Å²) in [6.07, 6.45) is 2.04. The Bertz CT molecular complexity index is 889. The van der Waals surface area contributed by atoms with Gasteiger partial charge >= 0.3 is 6.18 Å². The minimum absolute atomic E-state index is 0.00231. The second-order valence-electron chi connectivity index (χ2n) is 7.39. The summed E-state index contributed by atoms with van der Waals surface area (Å²) in [5.74, 6) is 0.697. The fourth-order valence-corrected chi connectivity index (χ4v) is 3.81. The van der Waals surface area contributed by atoms with Crippen LogP contribution in [0, 0.1) is 0 Å². The average Bonchev–Trinajstić information content (AvgIpc) is 2.67. The van der Waals surface area contributed by atoms with E-state index in [0.29, 0.717) is 12.4 Å². The molecule has 0 N–H and O–H groups in total. The number of hydrogen-bond acceptors (Lipinski definition) is 4. The Morgan fingerprint density at radius 1 is 1.07 bits per heavy atom. The maximum absolute atomic E-state index is 13.8. The second-order valence-corrected chi connectivity index (χ2v) is 7.39. The maximum atomic E-state index is 13.8. The number of aromatic nitrogens is 1. The quantitative estimate of drug-likeness (QED) is 0.687. The Morgan fingerprint density at radius 3 is 2.61 bits per heavy atom. The zero-order valence-corrected chi connectivity index (χ0v) is 15.7. The first-order valence-electron chi connectivity index (χ1n) is 9.53. The molecular formula is C21H22F3N3O. The third-order valence-corrected chi connectivity index (χ3v) is 5.19. The lowest BCUT2D eigenvalue weighted by atomic mass is 9.97. The fraction of sp³-hybridized carbons (Fsp3) is 0.429. The van der Waals surface area contributed by atoms with Gasteiger partial charge in [-0.3, -0.25) is 0 Å². The standard InChI is InChI=1S/C21H22F3N3O/c1-27-12-14-10-11-17(26-20(14)25-13-27)19-16(21(22,23)24)8-5-9-18(19)28-15-6-3-2-4-7-15/h5,8-11,13,15H,2-4,6-7,12H2,1H3. The van der Waals surface area contributed by atoms with E-state index >= 15 is 0 Å². The molecule has 0 amide bonds. The SMILES string of the molecule is CN1C=Nc2nc(-c3c(OC4CCCCC4)cccc3C(F)(F)F)ccc2C1. The largest absolute Gasteiger partial charge is 0.490 e. The predicted molar refractivity (Wildman–Crippen MR) is 102 cm³/mol. The van der Waals surface area contributed by atoms with Crippen LogP contribution in [0.15, 0.2) is 35.3 Å². The lowest BCUT2D eigenvalue weighted by molar-refractivity contribution is -0.137. The van der Waals surface area contributed by atoms with Gasteiger partial charge in [0.15, 0.2) is 5.82 Å². The van der Waals surface area contributed by atoms with Gasteiger partial charge in [0.2, 0.25) is 0 Å². The van der Waals surface area contributed by atoms with E-state index in [1.54, 1.807) is 24.5 Å². The summed E-state index contributed by atoms with van der Waals surface area (Å²) in [5.41, 5.74) is 0.384. The van der Waals surface area contributed by atoms with Gasteiger partial charge in [0.1, 0.15) is 5.75 Å². The lowest BCUT2D eigenvalue weighted by Gasteiger charge is -2.26. The summed E-state index contributed by atoms with van der Waals surface area (Å²) in [7, 11) is 1.88. The molecule has 0 atom stereocenters. The monoisotopic (exact) mass is 389 g/mol. The molecule has 1 fully saturated rings. The molecule has 4 nitrogen and oxygen atoms in total. The number of nitrogens with zero attached hydrogens (tertiary/aromatic N) is 3. The van der Waals surface area contributed by atoms with E-state index in [2.05, 4.69) is 9.98 Å². The Hall–Kier alpha value is -2.57. The molecule has 0 spiro atoms. The van der Waals surface area contributed by atoms with E-state index in [0.717, 1.165) is 43.7 Å². The Kier molecular flexibility index (Phi) is 5.00. The van der Waals surface area contributed by atoms with E-state index in [1.807, 2.05) is 11.9 Å². The van der Waals surface area contributed by atoms with Crippen LogP contribution in [0.4, 0.5) is 19.0 Å². The number of benzene rings is 1. The van der Waals surface area contributed by atoms with Gasteiger partial charge in [0, 0.05) is 19.2 Å². The van der Waals surface area contributed by atoms with Gasteiger partial charge in [-0.05, 0) is 43.9 Å². The molecule has 2 aliphatic rings. The topological polar surface area (TPSA) is 37.7 Å². The van der Waals surface area contributed by atoms with Crippen molar-refractivity contribution in [3.05, 3.63) is 41.5 Å². The smallest absolute Gasteiger partial charge is 0.417 e. The van der Waals surface area contributed by atoms with Crippen molar-refractivity contribution in [1.29, 1.82) is 0 Å². The van der Waals surface area contributed by atoms with E-state index in [1.165, 1.54) is 6.07 Å². The van der Waals surface area contributed by atoms with Crippen LogP contribution in [0.5, 0.6) is 5.75 Å². The molecule has 1 aliphatic carbocycles. The number of ether oxygens (including phenoxy) is 1. The number of fused-ring (bicyclic) bond motifs is 1. The van der Waals surface area contributed by atoms with Gasteiger partial charge in [0.25, 0.3) is 0 Å². The number of aliphatic imine (C=N–C) groups is 1. The average molecular weight is 389 g/mol. The first kappa shape index (κ1) is 18.8. The molecule has 2 aromatic rings. The van der Waals surface area contributed by atoms with Gasteiger partial charge in [-0.1, -0.05) is 18.6 Å². The molecule has 1 saturated carbocycles. The minimum Gasteiger partial charge on any atom is -0.490 e. The van der Waals surface area contributed by atoms with Crippen molar-refractivity contribution < 1.29 is 17.9 Å². The second kappa shape index (κ2) is 7.45. The maximum Gasteiger partial charge on any atom is 0.417 e. The number of alkyl halides is 3. The van der Waals surface area contributed by atoms with Gasteiger partial charge < -0.3 is 9.64 Å². The molecule has 1 aliphatic heterocycles. The third-order valence-electron chi connectivity index (χ3n) is 5.19. The van der Waals surface area contributed by atoms with Crippen molar-refractivity contribution in [1.82, 2.24) is 9.88 Å². The van der Waals surface area contributed by atoms with Crippen molar-refractivity contribution in [2.24, 2.45) is 4.99 Å². The summed E-state index contributed by atoms with van der Waals surface area (Å²) < 4.78 is 47.3. The number of hydrogen-bond donors (Lipinski definition) is 0. The van der Waals surface area contributed by atoms with Gasteiger partial charge in [-0.25, -0.2) is 9.98 Å². The van der Waals surface area contributed by atoms with Gasteiger partial charge in [-0.2, -0.15) is 13.2 Å². The number of rotatable bonds is 3. The molecule has 1 aromatic carbocycles. The van der Waals surface area contributed by atoms with E-state index < -0.39 is 11.7 Å². The van der Waals surface area contributed by atoms with Crippen molar-refractivity contribution >= 4 is 12.2 Å². The Balaban J connectivity index is 1.79. The summed E-state index contributed by atoms with van der Waals surface area (Å²) in [6.45, 7) is 0.623. The summed E-state index contributed by atoms with van der Waals surface area (Å²) >= 11 is 0. The zero-order valence-electron chi connectivity index (χ0n) is 15.7. The highest BCUT2D eigenvalue weighted by molar-refractivity contribution is 5.74. The highest BCUT2D eigenvalue weighted by Crippen LogP contribution is 2.43. The first-order chi connectivity index (χ1) is 13.4. The van der Waals surface area contributed by atoms with Crippen LogP contribution >= 0.6 is 0 Å². The molecule has 0 saturated heterocycles. The molecule has 2 heterocycles. The number of pyridine rings is 1. The highest BCUT2D eigenvalue weighted by Gasteiger charge is 2.36. The van der Waals surface area contributed by atoms with Crippen LogP contribution in [0.3, 0.4) is 0 Å². The summed E-state index contributed by atoms with van der Waals surface area (Å²) in [5, 5.41) is 0. The number of halogens is 3. The molecular weight excluding hydrogens is 367 g/mol. The van der Waals surface area contributed by atoms with Crippen LogP contribution in [-0.2, 0) is 12.7 Å². The molecule has 7 heteroatoms. The van der Waals surface area contributed by atoms with Crippen LogP contribution < -0.4 is 4.74 Å². The molecule has 0 unspecified atom stereocenters. The fourth-order valence-electron chi connectivity index (χ4n) is 3.81. The lowest BCUT2D eigenvalue weighted by Crippen LogP contribution is -2.21. The third kappa shape index (κ3) is 3.84. The summed E-state index contributed by atoms with van der Waals surface area (Å²) in [6, 6.07) is 7.52. The molecule has 1 aromatic heterocycles. The molecule has 0 radical (unpaired) electrons. The van der Waals surface area contributed by atoms with Gasteiger partial charge in [0.05, 0.1) is 29.3 Å². The Labute approximate surface area is 162 Å².